The van der Waals surface area contributed by atoms with Crippen molar-refractivity contribution in [2.75, 3.05) is 26.5 Å². The molecule has 0 atom stereocenters. The van der Waals surface area contributed by atoms with E-state index < -0.39 is 10.6 Å². The van der Waals surface area contributed by atoms with Gasteiger partial charge in [0.05, 0.1) is 29.9 Å². The third-order valence-electron chi connectivity index (χ3n) is 7.64. The highest BCUT2D eigenvalue weighted by molar-refractivity contribution is 8.23. The molecule has 0 saturated carbocycles. The van der Waals surface area contributed by atoms with Gasteiger partial charge in [-0.25, -0.2) is 0 Å². The van der Waals surface area contributed by atoms with E-state index in [0.29, 0.717) is 29.4 Å². The molecule has 13 heteroatoms. The Kier molecular flexibility index (Phi) is 10.8. The molecule has 0 radical (unpaired) electrons. The summed E-state index contributed by atoms with van der Waals surface area (Å²) in [6.07, 6.45) is 2.05. The number of hydrogen-bond acceptors (Lipinski definition) is 8. The predicted octanol–water partition coefficient (Wildman–Crippen LogP) is 5.96. The number of amides is 2. The molecule has 6 rings (SSSR count). The smallest absolute Gasteiger partial charge is 0.239 e. The maximum atomic E-state index is 11.5. The maximum Gasteiger partial charge on any atom is 0.239 e. The normalized spacial score (nSPS) is 12.4. The first kappa shape index (κ1) is 34.6. The van der Waals surface area contributed by atoms with E-state index in [1.165, 1.54) is 13.2 Å². The average molecular weight is 689 g/mol. The fourth-order valence-electron chi connectivity index (χ4n) is 5.22. The number of aryl methyl sites for hydroxylation is 1. The van der Waals surface area contributed by atoms with E-state index in [9.17, 15) is 18.7 Å². The molecule has 11 nitrogen and oxygen atoms in total. The highest BCUT2D eigenvalue weighted by atomic mass is 35.5. The summed E-state index contributed by atoms with van der Waals surface area (Å²) < 4.78 is 27.0. The third-order valence-corrected chi connectivity index (χ3v) is 9.04. The van der Waals surface area contributed by atoms with Crippen LogP contribution >= 0.6 is 22.2 Å². The van der Waals surface area contributed by atoms with Crippen LogP contribution in [-0.2, 0) is 22.6 Å². The van der Waals surface area contributed by atoms with Gasteiger partial charge >= 0.3 is 0 Å². The number of aliphatic imine (C=N–C) groups is 1. The molecule has 0 unspecified atom stereocenters. The molecule has 0 bridgehead atoms. The summed E-state index contributed by atoms with van der Waals surface area (Å²) >= 11 is 6.02. The van der Waals surface area contributed by atoms with Gasteiger partial charge in [0.15, 0.2) is 5.82 Å². The monoisotopic (exact) mass is 688 g/mol. The standard InChI is InChI=1S/C18H15ClN4O.C17H22N2O4S/c1-11-21-22-17-10-20-18(12-3-5-13(19)6-4-12)15-9-14(24-2)7-8-16(15)23(11)17;1-12(20)19-11-17(21)18-8-7-13-3-4-14-5-6-16(24(2,22)23)10-15(14)9-13/h3-9H,10H2,1-2H3;3-6,9-10,22-23H,7-8,11H2,1-2H3,(H,18,21)(H,19,20). The zero-order chi connectivity index (χ0) is 34.4. The van der Waals surface area contributed by atoms with E-state index in [4.69, 9.17) is 21.3 Å². The van der Waals surface area contributed by atoms with Gasteiger partial charge in [0, 0.05) is 35.9 Å². The first-order chi connectivity index (χ1) is 22.9. The van der Waals surface area contributed by atoms with Crippen LogP contribution in [-0.4, -0.2) is 67.9 Å². The number of carbonyl (C=O) groups excluding carboxylic acids is 2. The summed E-state index contributed by atoms with van der Waals surface area (Å²) in [5.74, 6) is 1.97. The molecule has 0 aliphatic carbocycles. The molecule has 2 amide bonds. The van der Waals surface area contributed by atoms with Crippen molar-refractivity contribution in [2.24, 2.45) is 4.99 Å². The van der Waals surface area contributed by atoms with Crippen molar-refractivity contribution in [3.63, 3.8) is 0 Å². The highest BCUT2D eigenvalue weighted by Crippen LogP contribution is 2.44. The lowest BCUT2D eigenvalue weighted by Gasteiger charge is -2.27. The Balaban J connectivity index is 0.000000188. The van der Waals surface area contributed by atoms with E-state index in [0.717, 1.165) is 56.3 Å². The molecule has 4 aromatic carbocycles. The zero-order valence-electron chi connectivity index (χ0n) is 27.0. The molecule has 5 aromatic rings. The lowest BCUT2D eigenvalue weighted by atomic mass is 10.00. The van der Waals surface area contributed by atoms with Crippen molar-refractivity contribution >= 4 is 50.5 Å². The van der Waals surface area contributed by atoms with Gasteiger partial charge in [-0.1, -0.05) is 48.0 Å². The minimum atomic E-state index is -2.74. The molecule has 1 aliphatic rings. The zero-order valence-corrected chi connectivity index (χ0v) is 28.6. The summed E-state index contributed by atoms with van der Waals surface area (Å²) in [6, 6.07) is 24.9. The molecular weight excluding hydrogens is 652 g/mol. The van der Waals surface area contributed by atoms with Crippen LogP contribution in [0.4, 0.5) is 0 Å². The average Bonchev–Trinajstić information content (AvgIpc) is 3.34. The van der Waals surface area contributed by atoms with Crippen molar-refractivity contribution in [2.45, 2.75) is 31.7 Å². The van der Waals surface area contributed by atoms with Gasteiger partial charge < -0.3 is 15.4 Å². The Labute approximate surface area is 285 Å². The molecule has 48 heavy (non-hydrogen) atoms. The summed E-state index contributed by atoms with van der Waals surface area (Å²) in [5, 5.41) is 16.3. The molecule has 0 spiro atoms. The van der Waals surface area contributed by atoms with Crippen LogP contribution in [0, 0.1) is 6.92 Å². The van der Waals surface area contributed by atoms with Crippen LogP contribution in [0.2, 0.25) is 5.02 Å². The Morgan fingerprint density at radius 2 is 1.71 bits per heavy atom. The SMILES string of the molecule is CC(=O)NCC(=O)NCCc1ccc2ccc(S(C)(O)O)cc2c1.COc1ccc2c(c1)C(c1ccc(Cl)cc1)=NCc1nnc(C)n1-2. The van der Waals surface area contributed by atoms with Crippen LogP contribution in [0.25, 0.3) is 16.5 Å². The van der Waals surface area contributed by atoms with Crippen molar-refractivity contribution < 1.29 is 23.4 Å². The van der Waals surface area contributed by atoms with E-state index in [1.807, 2.05) is 78.2 Å². The highest BCUT2D eigenvalue weighted by Gasteiger charge is 2.22. The number of rotatable bonds is 8. The molecule has 4 N–H and O–H groups in total. The Hall–Kier alpha value is -4.75. The number of ether oxygens (including phenoxy) is 1. The largest absolute Gasteiger partial charge is 0.497 e. The molecule has 0 saturated heterocycles. The van der Waals surface area contributed by atoms with Crippen LogP contribution in [0.5, 0.6) is 5.75 Å². The Morgan fingerprint density at radius 1 is 0.958 bits per heavy atom. The minimum Gasteiger partial charge on any atom is -0.497 e. The van der Waals surface area contributed by atoms with Crippen LogP contribution in [0.15, 0.2) is 88.8 Å². The van der Waals surface area contributed by atoms with Crippen molar-refractivity contribution in [1.29, 1.82) is 0 Å². The minimum absolute atomic E-state index is 0.0230. The quantitative estimate of drug-likeness (QED) is 0.157. The van der Waals surface area contributed by atoms with Crippen LogP contribution in [0.3, 0.4) is 0 Å². The summed E-state index contributed by atoms with van der Waals surface area (Å²) in [6.45, 7) is 4.22. The first-order valence-electron chi connectivity index (χ1n) is 15.1. The van der Waals surface area contributed by atoms with E-state index in [2.05, 4.69) is 20.8 Å². The third kappa shape index (κ3) is 8.39. The Morgan fingerprint density at radius 3 is 2.42 bits per heavy atom. The van der Waals surface area contributed by atoms with Gasteiger partial charge in [-0.3, -0.25) is 28.3 Å². The van der Waals surface area contributed by atoms with Crippen LogP contribution in [0.1, 0.15) is 35.3 Å². The van der Waals surface area contributed by atoms with Gasteiger partial charge in [-0.15, -0.1) is 10.2 Å². The van der Waals surface area contributed by atoms with Gasteiger partial charge in [0.1, 0.15) is 18.1 Å². The van der Waals surface area contributed by atoms with Gasteiger partial charge in [-0.2, -0.15) is 10.6 Å². The van der Waals surface area contributed by atoms with Crippen LogP contribution < -0.4 is 15.4 Å². The summed E-state index contributed by atoms with van der Waals surface area (Å²) in [5.41, 5.74) is 4.92. The number of fused-ring (bicyclic) bond motifs is 4. The lowest BCUT2D eigenvalue weighted by Crippen LogP contribution is -2.36. The van der Waals surface area contributed by atoms with Crippen molar-refractivity contribution in [3.8, 4) is 11.4 Å². The van der Waals surface area contributed by atoms with Gasteiger partial charge in [-0.05, 0) is 72.1 Å². The molecule has 2 heterocycles. The Bertz CT molecular complexity index is 1990. The molecule has 250 valence electrons. The number of nitrogens with one attached hydrogen (secondary N) is 2. The van der Waals surface area contributed by atoms with E-state index in [1.54, 1.807) is 19.2 Å². The number of aromatic nitrogens is 3. The number of benzene rings is 4. The number of nitrogens with zero attached hydrogens (tertiary/aromatic N) is 4. The second-order valence-corrected chi connectivity index (χ2v) is 13.8. The van der Waals surface area contributed by atoms with Gasteiger partial charge in [0.2, 0.25) is 11.8 Å². The second-order valence-electron chi connectivity index (χ2n) is 11.2. The predicted molar refractivity (Wildman–Crippen MR) is 190 cm³/mol. The molecule has 1 aliphatic heterocycles. The molecular formula is C35H37ClN6O5S. The topological polar surface area (TPSA) is 151 Å². The number of carbonyl (C=O) groups is 2. The van der Waals surface area contributed by atoms with Crippen molar-refractivity contribution in [1.82, 2.24) is 25.4 Å². The number of hydrogen-bond donors (Lipinski definition) is 4. The molecule has 0 fully saturated rings. The summed E-state index contributed by atoms with van der Waals surface area (Å²) in [7, 11) is -1.08. The van der Waals surface area contributed by atoms with E-state index in [-0.39, 0.29) is 18.4 Å². The lowest BCUT2D eigenvalue weighted by molar-refractivity contribution is -0.125. The molecule has 1 aromatic heterocycles. The summed E-state index contributed by atoms with van der Waals surface area (Å²) in [4.78, 5) is 27.6. The fourth-order valence-corrected chi connectivity index (χ4v) is 6.02. The van der Waals surface area contributed by atoms with Crippen molar-refractivity contribution in [3.05, 3.63) is 112 Å². The van der Waals surface area contributed by atoms with Gasteiger partial charge in [0.25, 0.3) is 0 Å². The number of methoxy groups -OCH3 is 1. The fraction of sp³-hybridized carbons (Fsp3) is 0.229. The second kappa shape index (κ2) is 15.0. The van der Waals surface area contributed by atoms with E-state index >= 15 is 0 Å². The first-order valence-corrected chi connectivity index (χ1v) is 17.4. The number of halogens is 1. The maximum absolute atomic E-state index is 11.5.